The van der Waals surface area contributed by atoms with Gasteiger partial charge < -0.3 is 14.9 Å². The van der Waals surface area contributed by atoms with Crippen LogP contribution in [-0.2, 0) is 9.59 Å². The fraction of sp³-hybridized carbons (Fsp3) is 0.818. The Hall–Kier alpha value is -0.750. The zero-order valence-electron chi connectivity index (χ0n) is 9.80. The molecule has 2 amide bonds. The van der Waals surface area contributed by atoms with Gasteiger partial charge in [-0.05, 0) is 19.3 Å². The molecule has 2 heterocycles. The largest absolute Gasteiger partial charge is 0.394 e. The minimum absolute atomic E-state index is 0.0223. The number of carbonyl (C=O) groups excluding carboxylic acids is 2. The van der Waals surface area contributed by atoms with E-state index in [-0.39, 0.29) is 31.0 Å². The van der Waals surface area contributed by atoms with Crippen LogP contribution in [0.5, 0.6) is 0 Å². The maximum atomic E-state index is 12.1. The number of hydrogen-bond donors (Lipinski definition) is 1. The van der Waals surface area contributed by atoms with Crippen LogP contribution in [0.15, 0.2) is 0 Å². The fourth-order valence-electron chi connectivity index (χ4n) is 2.31. The third-order valence-electron chi connectivity index (χ3n) is 3.31. The van der Waals surface area contributed by atoms with Crippen molar-refractivity contribution >= 4 is 23.6 Å². The highest BCUT2D eigenvalue weighted by molar-refractivity contribution is 8.00. The van der Waals surface area contributed by atoms with Gasteiger partial charge in [-0.2, -0.15) is 0 Å². The molecule has 1 N–H and O–H groups in total. The minimum Gasteiger partial charge on any atom is -0.394 e. The lowest BCUT2D eigenvalue weighted by Gasteiger charge is -2.35. The van der Waals surface area contributed by atoms with E-state index in [2.05, 4.69) is 0 Å². The highest BCUT2D eigenvalue weighted by atomic mass is 32.2. The van der Waals surface area contributed by atoms with Crippen LogP contribution in [0.1, 0.15) is 19.3 Å². The number of amides is 2. The Labute approximate surface area is 105 Å². The number of likely N-dealkylation sites (tertiary alicyclic amines) is 1. The summed E-state index contributed by atoms with van der Waals surface area (Å²) in [7, 11) is 0. The van der Waals surface area contributed by atoms with Crippen molar-refractivity contribution in [1.82, 2.24) is 9.80 Å². The van der Waals surface area contributed by atoms with Crippen LogP contribution in [0, 0.1) is 0 Å². The summed E-state index contributed by atoms with van der Waals surface area (Å²) in [6.45, 7) is 0.899. The van der Waals surface area contributed by atoms with Crippen LogP contribution in [0.3, 0.4) is 0 Å². The van der Waals surface area contributed by atoms with Gasteiger partial charge in [-0.3, -0.25) is 9.59 Å². The van der Waals surface area contributed by atoms with Crippen molar-refractivity contribution in [2.45, 2.75) is 25.3 Å². The lowest BCUT2D eigenvalue weighted by molar-refractivity contribution is -0.141. The Bertz CT molecular complexity index is 311. The normalized spacial score (nSPS) is 25.5. The molecule has 0 aromatic carbocycles. The third-order valence-corrected chi connectivity index (χ3v) is 4.26. The van der Waals surface area contributed by atoms with Gasteiger partial charge in [0.25, 0.3) is 0 Å². The number of hydrogen-bond acceptors (Lipinski definition) is 4. The van der Waals surface area contributed by atoms with Crippen LogP contribution >= 0.6 is 11.8 Å². The molecule has 0 bridgehead atoms. The minimum atomic E-state index is -0.0541. The van der Waals surface area contributed by atoms with E-state index in [1.54, 1.807) is 21.6 Å². The van der Waals surface area contributed by atoms with E-state index in [0.29, 0.717) is 18.2 Å². The summed E-state index contributed by atoms with van der Waals surface area (Å²) in [5.41, 5.74) is 0. The SMILES string of the molecule is O=C1CSCN1CC(=O)N1CCCCC1CO. The molecule has 0 saturated carbocycles. The number of aliphatic hydroxyl groups excluding tert-OH is 1. The molecule has 2 aliphatic heterocycles. The molecule has 96 valence electrons. The monoisotopic (exact) mass is 258 g/mol. The zero-order valence-corrected chi connectivity index (χ0v) is 10.6. The second-order valence-electron chi connectivity index (χ2n) is 4.49. The molecule has 17 heavy (non-hydrogen) atoms. The molecule has 2 aliphatic rings. The van der Waals surface area contributed by atoms with Crippen molar-refractivity contribution in [3.8, 4) is 0 Å². The Morgan fingerprint density at radius 1 is 1.47 bits per heavy atom. The van der Waals surface area contributed by atoms with E-state index in [1.165, 1.54) is 0 Å². The molecule has 0 aliphatic carbocycles. The van der Waals surface area contributed by atoms with E-state index in [9.17, 15) is 14.7 Å². The standard InChI is InChI=1S/C11H18N2O3S/c14-6-9-3-1-2-4-13(9)10(15)5-12-8-17-7-11(12)16/h9,14H,1-8H2. The van der Waals surface area contributed by atoms with Gasteiger partial charge in [0.05, 0.1) is 24.3 Å². The van der Waals surface area contributed by atoms with Crippen molar-refractivity contribution in [2.24, 2.45) is 0 Å². The van der Waals surface area contributed by atoms with Crippen molar-refractivity contribution in [1.29, 1.82) is 0 Å². The predicted octanol–water partition coefficient (Wildman–Crippen LogP) is -0.107. The molecule has 1 unspecified atom stereocenters. The Balaban J connectivity index is 1.91. The first-order valence-corrected chi connectivity index (χ1v) is 7.13. The average molecular weight is 258 g/mol. The van der Waals surface area contributed by atoms with Gasteiger partial charge >= 0.3 is 0 Å². The van der Waals surface area contributed by atoms with Gasteiger partial charge in [-0.1, -0.05) is 0 Å². The maximum Gasteiger partial charge on any atom is 0.242 e. The quantitative estimate of drug-likeness (QED) is 0.767. The molecular weight excluding hydrogens is 240 g/mol. The van der Waals surface area contributed by atoms with Gasteiger partial charge in [-0.25, -0.2) is 0 Å². The lowest BCUT2D eigenvalue weighted by Crippen LogP contribution is -2.49. The van der Waals surface area contributed by atoms with Crippen molar-refractivity contribution in [2.75, 3.05) is 31.3 Å². The van der Waals surface area contributed by atoms with Gasteiger partial charge in [0, 0.05) is 6.54 Å². The highest BCUT2D eigenvalue weighted by Gasteiger charge is 2.29. The summed E-state index contributed by atoms with van der Waals surface area (Å²) >= 11 is 1.54. The molecule has 0 aromatic rings. The number of nitrogens with zero attached hydrogens (tertiary/aromatic N) is 2. The summed E-state index contributed by atoms with van der Waals surface area (Å²) in [6, 6.07) is -0.0541. The summed E-state index contributed by atoms with van der Waals surface area (Å²) in [5.74, 6) is 1.11. The second-order valence-corrected chi connectivity index (χ2v) is 5.44. The maximum absolute atomic E-state index is 12.1. The van der Waals surface area contributed by atoms with Crippen LogP contribution in [-0.4, -0.2) is 64.1 Å². The predicted molar refractivity (Wildman–Crippen MR) is 65.5 cm³/mol. The van der Waals surface area contributed by atoms with Crippen molar-refractivity contribution in [3.05, 3.63) is 0 Å². The van der Waals surface area contributed by atoms with Crippen molar-refractivity contribution < 1.29 is 14.7 Å². The smallest absolute Gasteiger partial charge is 0.242 e. The van der Waals surface area contributed by atoms with Crippen LogP contribution < -0.4 is 0 Å². The van der Waals surface area contributed by atoms with Crippen LogP contribution in [0.25, 0.3) is 0 Å². The van der Waals surface area contributed by atoms with E-state index in [0.717, 1.165) is 19.3 Å². The summed E-state index contributed by atoms with van der Waals surface area (Å²) in [5, 5.41) is 9.24. The van der Waals surface area contributed by atoms with E-state index in [4.69, 9.17) is 0 Å². The first-order chi connectivity index (χ1) is 8.22. The number of thioether (sulfide) groups is 1. The summed E-state index contributed by atoms with van der Waals surface area (Å²) in [6.07, 6.45) is 2.92. The molecule has 2 rings (SSSR count). The molecule has 2 saturated heterocycles. The van der Waals surface area contributed by atoms with E-state index in [1.807, 2.05) is 0 Å². The molecule has 0 aromatic heterocycles. The molecule has 0 radical (unpaired) electrons. The number of piperidine rings is 1. The first-order valence-electron chi connectivity index (χ1n) is 5.98. The lowest BCUT2D eigenvalue weighted by atomic mass is 10.0. The first kappa shape index (κ1) is 12.7. The molecular formula is C11H18N2O3S. The van der Waals surface area contributed by atoms with Gasteiger partial charge in [0.15, 0.2) is 0 Å². The summed E-state index contributed by atoms with van der Waals surface area (Å²) in [4.78, 5) is 26.8. The molecule has 0 spiro atoms. The molecule has 6 heteroatoms. The Kier molecular flexibility index (Phi) is 4.28. The van der Waals surface area contributed by atoms with E-state index >= 15 is 0 Å². The number of aliphatic hydroxyl groups is 1. The van der Waals surface area contributed by atoms with Crippen molar-refractivity contribution in [3.63, 3.8) is 0 Å². The van der Waals surface area contributed by atoms with E-state index < -0.39 is 0 Å². The van der Waals surface area contributed by atoms with Gasteiger partial charge in [0.1, 0.15) is 6.54 Å². The molecule has 5 nitrogen and oxygen atoms in total. The Morgan fingerprint density at radius 2 is 2.29 bits per heavy atom. The van der Waals surface area contributed by atoms with Crippen LogP contribution in [0.4, 0.5) is 0 Å². The fourth-order valence-corrected chi connectivity index (χ4v) is 3.22. The van der Waals surface area contributed by atoms with Crippen LogP contribution in [0.2, 0.25) is 0 Å². The number of rotatable bonds is 3. The average Bonchev–Trinajstić information content (AvgIpc) is 2.75. The second kappa shape index (κ2) is 5.73. The molecule has 2 fully saturated rings. The zero-order chi connectivity index (χ0) is 12.3. The summed E-state index contributed by atoms with van der Waals surface area (Å²) < 4.78 is 0. The van der Waals surface area contributed by atoms with Gasteiger partial charge in [-0.15, -0.1) is 11.8 Å². The highest BCUT2D eigenvalue weighted by Crippen LogP contribution is 2.19. The molecule has 1 atom stereocenters. The Morgan fingerprint density at radius 3 is 2.94 bits per heavy atom. The third kappa shape index (κ3) is 2.93. The number of carbonyl (C=O) groups is 2. The topological polar surface area (TPSA) is 60.9 Å². The van der Waals surface area contributed by atoms with Gasteiger partial charge in [0.2, 0.25) is 11.8 Å².